The molecular weight excluding hydrogens is 424 g/mol. The number of hydrogen-bond donors (Lipinski definition) is 2. The van der Waals surface area contributed by atoms with Gasteiger partial charge in [0.05, 0.1) is 31.6 Å². The molecule has 170 valence electrons. The van der Waals surface area contributed by atoms with Crippen molar-refractivity contribution >= 4 is 18.1 Å². The summed E-state index contributed by atoms with van der Waals surface area (Å²) in [5.74, 6) is 0.0491. The van der Waals surface area contributed by atoms with Crippen LogP contribution in [0.4, 0.5) is 0 Å². The Bertz CT molecular complexity index is 1190. The minimum absolute atomic E-state index is 0.180. The SMILES string of the molecule is COc1cc(/C=N\NC(=O)c2ccc(C)cc2OC)ccc1OCc1cccc(C(=O)O)c1. The lowest BCUT2D eigenvalue weighted by Crippen LogP contribution is -2.18. The van der Waals surface area contributed by atoms with Gasteiger partial charge in [0, 0.05) is 0 Å². The van der Waals surface area contributed by atoms with E-state index in [4.69, 9.17) is 19.3 Å². The number of hydrazone groups is 1. The third kappa shape index (κ3) is 6.10. The number of carboxylic acids is 1. The molecule has 0 saturated carbocycles. The smallest absolute Gasteiger partial charge is 0.335 e. The van der Waals surface area contributed by atoms with Crippen molar-refractivity contribution < 1.29 is 28.9 Å². The quantitative estimate of drug-likeness (QED) is 0.378. The van der Waals surface area contributed by atoms with Crippen molar-refractivity contribution in [3.05, 3.63) is 88.5 Å². The van der Waals surface area contributed by atoms with Crippen molar-refractivity contribution in [2.24, 2.45) is 5.10 Å². The fourth-order valence-electron chi connectivity index (χ4n) is 3.05. The van der Waals surface area contributed by atoms with Crippen LogP contribution in [-0.4, -0.2) is 37.4 Å². The number of carbonyl (C=O) groups excluding carboxylic acids is 1. The molecule has 0 aliphatic carbocycles. The summed E-state index contributed by atoms with van der Waals surface area (Å²) in [4.78, 5) is 23.5. The molecule has 0 atom stereocenters. The van der Waals surface area contributed by atoms with Gasteiger partial charge in [0.25, 0.3) is 5.91 Å². The first-order valence-corrected chi connectivity index (χ1v) is 10.0. The van der Waals surface area contributed by atoms with Crippen LogP contribution in [0.2, 0.25) is 0 Å². The number of aromatic carboxylic acids is 1. The predicted octanol–water partition coefficient (Wildman–Crippen LogP) is 4.05. The summed E-state index contributed by atoms with van der Waals surface area (Å²) in [5.41, 5.74) is 5.45. The molecule has 0 aliphatic heterocycles. The van der Waals surface area contributed by atoms with Crippen molar-refractivity contribution in [1.82, 2.24) is 5.43 Å². The Morgan fingerprint density at radius 3 is 2.48 bits per heavy atom. The molecule has 0 heterocycles. The van der Waals surface area contributed by atoms with Gasteiger partial charge in [-0.2, -0.15) is 5.10 Å². The Morgan fingerprint density at radius 1 is 0.970 bits per heavy atom. The fraction of sp³-hybridized carbons (Fsp3) is 0.160. The summed E-state index contributed by atoms with van der Waals surface area (Å²) in [6.07, 6.45) is 1.49. The first-order valence-electron chi connectivity index (χ1n) is 10.0. The highest BCUT2D eigenvalue weighted by atomic mass is 16.5. The van der Waals surface area contributed by atoms with E-state index < -0.39 is 11.9 Å². The lowest BCUT2D eigenvalue weighted by Gasteiger charge is -2.11. The summed E-state index contributed by atoms with van der Waals surface area (Å²) >= 11 is 0. The number of nitrogens with zero attached hydrogens (tertiary/aromatic N) is 1. The average molecular weight is 448 g/mol. The summed E-state index contributed by atoms with van der Waals surface area (Å²) in [5, 5.41) is 13.1. The molecule has 33 heavy (non-hydrogen) atoms. The van der Waals surface area contributed by atoms with Crippen LogP contribution in [0.5, 0.6) is 17.2 Å². The molecule has 0 aromatic heterocycles. The normalized spacial score (nSPS) is 10.6. The van der Waals surface area contributed by atoms with Gasteiger partial charge >= 0.3 is 5.97 Å². The van der Waals surface area contributed by atoms with Crippen LogP contribution in [0, 0.1) is 6.92 Å². The minimum Gasteiger partial charge on any atom is -0.496 e. The third-order valence-electron chi connectivity index (χ3n) is 4.74. The van der Waals surface area contributed by atoms with Crippen molar-refractivity contribution in [2.75, 3.05) is 14.2 Å². The molecule has 8 heteroatoms. The molecule has 1 amide bonds. The van der Waals surface area contributed by atoms with E-state index in [0.29, 0.717) is 28.4 Å². The third-order valence-corrected chi connectivity index (χ3v) is 4.74. The number of amides is 1. The van der Waals surface area contributed by atoms with E-state index in [9.17, 15) is 9.59 Å². The monoisotopic (exact) mass is 448 g/mol. The van der Waals surface area contributed by atoms with Gasteiger partial charge in [0.1, 0.15) is 12.4 Å². The average Bonchev–Trinajstić information content (AvgIpc) is 2.82. The van der Waals surface area contributed by atoms with E-state index in [1.165, 1.54) is 26.5 Å². The van der Waals surface area contributed by atoms with Gasteiger partial charge in [-0.3, -0.25) is 4.79 Å². The number of benzene rings is 3. The molecule has 0 radical (unpaired) electrons. The standard InChI is InChI=1S/C25H24N2O6/c1-16-7-9-20(22(11-16)31-2)24(28)27-26-14-17-8-10-21(23(13-17)32-3)33-15-18-5-4-6-19(12-18)25(29)30/h4-14H,15H2,1-3H3,(H,27,28)(H,29,30)/b26-14-. The number of hydrogen-bond acceptors (Lipinski definition) is 6. The number of aryl methyl sites for hydroxylation is 1. The Balaban J connectivity index is 1.66. The highest BCUT2D eigenvalue weighted by Crippen LogP contribution is 2.28. The van der Waals surface area contributed by atoms with Gasteiger partial charge in [0.2, 0.25) is 0 Å². The summed E-state index contributed by atoms with van der Waals surface area (Å²) in [6.45, 7) is 2.09. The van der Waals surface area contributed by atoms with Gasteiger partial charge < -0.3 is 19.3 Å². The molecule has 0 fully saturated rings. The number of carbonyl (C=O) groups is 2. The zero-order valence-corrected chi connectivity index (χ0v) is 18.5. The maximum Gasteiger partial charge on any atom is 0.335 e. The second-order valence-electron chi connectivity index (χ2n) is 7.11. The molecule has 3 aromatic rings. The zero-order valence-electron chi connectivity index (χ0n) is 18.5. The lowest BCUT2D eigenvalue weighted by molar-refractivity contribution is 0.0696. The van der Waals surface area contributed by atoms with E-state index in [0.717, 1.165) is 11.1 Å². The van der Waals surface area contributed by atoms with E-state index in [-0.39, 0.29) is 12.2 Å². The zero-order chi connectivity index (χ0) is 23.8. The maximum absolute atomic E-state index is 12.4. The molecule has 0 bridgehead atoms. The number of methoxy groups -OCH3 is 2. The largest absolute Gasteiger partial charge is 0.496 e. The topological polar surface area (TPSA) is 106 Å². The van der Waals surface area contributed by atoms with Gasteiger partial charge in [-0.15, -0.1) is 0 Å². The van der Waals surface area contributed by atoms with E-state index >= 15 is 0 Å². The lowest BCUT2D eigenvalue weighted by atomic mass is 10.1. The van der Waals surface area contributed by atoms with E-state index in [1.54, 1.807) is 48.5 Å². The molecule has 0 spiro atoms. The van der Waals surface area contributed by atoms with Crippen molar-refractivity contribution in [3.8, 4) is 17.2 Å². The van der Waals surface area contributed by atoms with Crippen molar-refractivity contribution in [1.29, 1.82) is 0 Å². The Labute approximate surface area is 191 Å². The van der Waals surface area contributed by atoms with E-state index in [2.05, 4.69) is 10.5 Å². The van der Waals surface area contributed by atoms with Crippen LogP contribution >= 0.6 is 0 Å². The Morgan fingerprint density at radius 2 is 1.76 bits per heavy atom. The fourth-order valence-corrected chi connectivity index (χ4v) is 3.05. The maximum atomic E-state index is 12.4. The van der Waals surface area contributed by atoms with Crippen LogP contribution in [0.25, 0.3) is 0 Å². The molecule has 0 aliphatic rings. The summed E-state index contributed by atoms with van der Waals surface area (Å²) < 4.78 is 16.4. The van der Waals surface area contributed by atoms with Crippen LogP contribution in [0.3, 0.4) is 0 Å². The second-order valence-corrected chi connectivity index (χ2v) is 7.11. The molecule has 3 aromatic carbocycles. The van der Waals surface area contributed by atoms with Gasteiger partial charge in [-0.05, 0) is 66.1 Å². The molecule has 2 N–H and O–H groups in total. The second kappa shape index (κ2) is 10.8. The summed E-state index contributed by atoms with van der Waals surface area (Å²) in [7, 11) is 3.02. The molecule has 3 rings (SSSR count). The van der Waals surface area contributed by atoms with Crippen LogP contribution in [0.15, 0.2) is 65.8 Å². The first kappa shape index (κ1) is 23.3. The van der Waals surface area contributed by atoms with Gasteiger partial charge in [-0.25, -0.2) is 10.2 Å². The Hall–Kier alpha value is -4.33. The summed E-state index contributed by atoms with van der Waals surface area (Å²) in [6, 6.07) is 17.0. The van der Waals surface area contributed by atoms with Crippen LogP contribution in [0.1, 0.15) is 37.4 Å². The molecule has 8 nitrogen and oxygen atoms in total. The molecule has 0 unspecified atom stereocenters. The highest BCUT2D eigenvalue weighted by Gasteiger charge is 2.12. The number of carboxylic acid groups (broad SMARTS) is 1. The van der Waals surface area contributed by atoms with Crippen LogP contribution < -0.4 is 19.6 Å². The number of rotatable bonds is 9. The van der Waals surface area contributed by atoms with Gasteiger partial charge in [-0.1, -0.05) is 18.2 Å². The van der Waals surface area contributed by atoms with Crippen molar-refractivity contribution in [2.45, 2.75) is 13.5 Å². The molecule has 0 saturated heterocycles. The van der Waals surface area contributed by atoms with E-state index in [1.807, 2.05) is 13.0 Å². The minimum atomic E-state index is -0.994. The predicted molar refractivity (Wildman–Crippen MR) is 124 cm³/mol. The van der Waals surface area contributed by atoms with Gasteiger partial charge in [0.15, 0.2) is 11.5 Å². The Kier molecular flexibility index (Phi) is 7.64. The number of nitrogens with one attached hydrogen (secondary N) is 1. The highest BCUT2D eigenvalue weighted by molar-refractivity contribution is 5.97. The molecular formula is C25H24N2O6. The first-order chi connectivity index (χ1) is 15.9. The van der Waals surface area contributed by atoms with Crippen LogP contribution in [-0.2, 0) is 6.61 Å². The van der Waals surface area contributed by atoms with Crippen molar-refractivity contribution in [3.63, 3.8) is 0 Å². The number of ether oxygens (including phenoxy) is 3.